The van der Waals surface area contributed by atoms with Crippen molar-refractivity contribution >= 4 is 36.9 Å². The van der Waals surface area contributed by atoms with Crippen molar-refractivity contribution in [2.24, 2.45) is 0 Å². The van der Waals surface area contributed by atoms with Crippen LogP contribution in [-0.4, -0.2) is 33.0 Å². The summed E-state index contributed by atoms with van der Waals surface area (Å²) in [6, 6.07) is 3.71. The number of hydrogen-bond acceptors (Lipinski definition) is 8. The maximum absolute atomic E-state index is 4.96. The molecule has 2 aromatic rings. The third-order valence-electron chi connectivity index (χ3n) is 2.40. The predicted octanol–water partition coefficient (Wildman–Crippen LogP) is 1.22. The highest BCUT2D eigenvalue weighted by Crippen LogP contribution is 2.07. The average Bonchev–Trinajstić information content (AvgIpc) is 2.32. The van der Waals surface area contributed by atoms with E-state index >= 15 is 0 Å². The van der Waals surface area contributed by atoms with Gasteiger partial charge in [-0.25, -0.2) is 9.97 Å². The number of hydrogen-bond donors (Lipinski definition) is 2. The van der Waals surface area contributed by atoms with Gasteiger partial charge in [0.2, 0.25) is 0 Å². The van der Waals surface area contributed by atoms with Gasteiger partial charge in [0.25, 0.3) is 0 Å². The molecule has 0 aromatic carbocycles. The second-order valence-electron chi connectivity index (χ2n) is 4.21. The van der Waals surface area contributed by atoms with Crippen molar-refractivity contribution in [1.29, 1.82) is 0 Å². The molecule has 0 saturated carbocycles. The molecule has 0 radical (unpaired) electrons. The van der Waals surface area contributed by atoms with Crippen LogP contribution in [-0.2, 0) is 25.3 Å². The number of aryl methyl sites for hydroxylation is 2. The molecule has 2 heterocycles. The molecule has 0 bridgehead atoms. The highest BCUT2D eigenvalue weighted by Gasteiger charge is 1.97. The number of rotatable bonds is 5. The first-order chi connectivity index (χ1) is 9.52. The Bertz CT molecular complexity index is 510. The van der Waals surface area contributed by atoms with Gasteiger partial charge in [-0.05, 0) is 13.8 Å². The van der Waals surface area contributed by atoms with Crippen LogP contribution >= 0.6 is 0 Å². The number of nitrogens with zero attached hydrogens (tertiary/aromatic N) is 4. The fourth-order valence-corrected chi connectivity index (χ4v) is 2.13. The second kappa shape index (κ2) is 6.58. The van der Waals surface area contributed by atoms with Gasteiger partial charge < -0.3 is 35.9 Å². The van der Waals surface area contributed by atoms with Crippen LogP contribution in [0.5, 0.6) is 0 Å². The van der Waals surface area contributed by atoms with Gasteiger partial charge in [-0.3, -0.25) is 9.97 Å². The largest absolute Gasteiger partial charge is 0.740 e. The first-order valence-electron chi connectivity index (χ1n) is 6.06. The van der Waals surface area contributed by atoms with Crippen molar-refractivity contribution < 1.29 is 0 Å². The summed E-state index contributed by atoms with van der Waals surface area (Å²) in [5, 5.41) is 7.05. The highest BCUT2D eigenvalue weighted by molar-refractivity contribution is 7.58. The van der Waals surface area contributed by atoms with Crippen LogP contribution in [0.1, 0.15) is 11.4 Å². The molecule has 2 rings (SSSR count). The molecule has 0 unspecified atom stereocenters. The van der Waals surface area contributed by atoms with Crippen LogP contribution in [0.2, 0.25) is 0 Å². The Balaban J connectivity index is 1.84. The predicted molar refractivity (Wildman–Crippen MR) is 81.8 cm³/mol. The van der Waals surface area contributed by atoms with Crippen LogP contribution in [0.3, 0.4) is 0 Å². The molecule has 0 fully saturated rings. The minimum Gasteiger partial charge on any atom is -0.740 e. The van der Waals surface area contributed by atoms with E-state index in [1.165, 1.54) is 0 Å². The Labute approximate surface area is 128 Å². The van der Waals surface area contributed by atoms with Crippen molar-refractivity contribution in [2.75, 3.05) is 23.7 Å². The van der Waals surface area contributed by atoms with Gasteiger partial charge >= 0.3 is 0 Å². The first kappa shape index (κ1) is 14.6. The standard InChI is InChI=1S/C12H16N6S2/c1-7-5-9(17-11(19)15-7)13-3-4-14-10-6-8(2)16-12(20)18-10/h5-6H,3-4H2,1-2H3,(H2,13,15,17,19)(H2,14,16,18,20)/p-2. The van der Waals surface area contributed by atoms with E-state index < -0.39 is 0 Å². The van der Waals surface area contributed by atoms with Gasteiger partial charge in [0.15, 0.2) is 0 Å². The van der Waals surface area contributed by atoms with Crippen molar-refractivity contribution in [3.63, 3.8) is 0 Å². The van der Waals surface area contributed by atoms with Crippen LogP contribution in [0.4, 0.5) is 11.6 Å². The molecule has 0 aliphatic heterocycles. The van der Waals surface area contributed by atoms with E-state index in [9.17, 15) is 0 Å². The van der Waals surface area contributed by atoms with Crippen LogP contribution in [0.15, 0.2) is 22.4 Å². The van der Waals surface area contributed by atoms with Gasteiger partial charge in [0.1, 0.15) is 11.6 Å². The molecule has 0 saturated heterocycles. The summed E-state index contributed by atoms with van der Waals surface area (Å²) >= 11 is 9.93. The third kappa shape index (κ3) is 4.39. The van der Waals surface area contributed by atoms with Gasteiger partial charge in [-0.15, -0.1) is 0 Å². The third-order valence-corrected chi connectivity index (χ3v) is 2.77. The SMILES string of the molecule is Cc1cc(NCCNc2cc(C)nc([S-])n2)nc([S-])n1. The molecule has 0 atom stereocenters. The molecule has 2 aromatic heterocycles. The van der Waals surface area contributed by atoms with E-state index in [1.807, 2.05) is 26.0 Å². The molecule has 0 aliphatic rings. The first-order valence-corrected chi connectivity index (χ1v) is 6.88. The molecular weight excluding hydrogens is 292 g/mol. The Morgan fingerprint density at radius 3 is 1.55 bits per heavy atom. The molecule has 8 heteroatoms. The number of aromatic nitrogens is 4. The summed E-state index contributed by atoms with van der Waals surface area (Å²) in [7, 11) is 0. The minimum absolute atomic E-state index is 0.350. The molecular formula is C12H14N6S2-2. The highest BCUT2D eigenvalue weighted by atomic mass is 32.1. The minimum atomic E-state index is 0.350. The normalized spacial score (nSPS) is 10.3. The lowest BCUT2D eigenvalue weighted by atomic mass is 10.4. The van der Waals surface area contributed by atoms with Crippen LogP contribution in [0.25, 0.3) is 0 Å². The molecule has 0 aliphatic carbocycles. The second-order valence-corrected chi connectivity index (χ2v) is 4.94. The quantitative estimate of drug-likeness (QED) is 0.485. The summed E-state index contributed by atoms with van der Waals surface area (Å²) in [6.45, 7) is 5.13. The zero-order valence-electron chi connectivity index (χ0n) is 11.2. The summed E-state index contributed by atoms with van der Waals surface area (Å²) in [5.74, 6) is 1.46. The molecule has 6 nitrogen and oxygen atoms in total. The van der Waals surface area contributed by atoms with Crippen molar-refractivity contribution in [1.82, 2.24) is 19.9 Å². The lowest BCUT2D eigenvalue weighted by Gasteiger charge is -2.12. The lowest BCUT2D eigenvalue weighted by Crippen LogP contribution is -2.16. The Hall–Kier alpha value is -1.80. The summed E-state index contributed by atoms with van der Waals surface area (Å²) < 4.78 is 0. The van der Waals surface area contributed by atoms with E-state index in [-0.39, 0.29) is 0 Å². The summed E-state index contributed by atoms with van der Waals surface area (Å²) in [5.41, 5.74) is 1.70. The Morgan fingerprint density at radius 2 is 1.20 bits per heavy atom. The van der Waals surface area contributed by atoms with E-state index in [2.05, 4.69) is 30.6 Å². The average molecular weight is 306 g/mol. The van der Waals surface area contributed by atoms with Crippen molar-refractivity contribution in [3.8, 4) is 0 Å². The maximum atomic E-state index is 4.96. The smallest absolute Gasteiger partial charge is 0.127 e. The van der Waals surface area contributed by atoms with Crippen LogP contribution < -0.4 is 10.6 Å². The fourth-order valence-electron chi connectivity index (χ4n) is 1.64. The number of nitrogens with one attached hydrogen (secondary N) is 2. The lowest BCUT2D eigenvalue weighted by molar-refractivity contribution is 0.913. The molecule has 0 amide bonds. The molecule has 106 valence electrons. The Kier molecular flexibility index (Phi) is 4.80. The molecule has 20 heavy (non-hydrogen) atoms. The Morgan fingerprint density at radius 1 is 0.800 bits per heavy atom. The maximum Gasteiger partial charge on any atom is 0.127 e. The zero-order chi connectivity index (χ0) is 14.5. The van der Waals surface area contributed by atoms with E-state index in [1.54, 1.807) is 0 Å². The van der Waals surface area contributed by atoms with Crippen molar-refractivity contribution in [3.05, 3.63) is 23.5 Å². The monoisotopic (exact) mass is 306 g/mol. The summed E-state index contributed by atoms with van der Waals surface area (Å²) in [4.78, 5) is 16.4. The topological polar surface area (TPSA) is 75.6 Å². The van der Waals surface area contributed by atoms with Gasteiger partial charge in [-0.1, -0.05) is 0 Å². The van der Waals surface area contributed by atoms with Gasteiger partial charge in [-0.2, -0.15) is 0 Å². The fraction of sp³-hybridized carbons (Fsp3) is 0.333. The van der Waals surface area contributed by atoms with E-state index in [0.717, 1.165) is 23.0 Å². The zero-order valence-corrected chi connectivity index (χ0v) is 12.8. The van der Waals surface area contributed by atoms with Crippen molar-refractivity contribution in [2.45, 2.75) is 24.2 Å². The van der Waals surface area contributed by atoms with E-state index in [0.29, 0.717) is 23.4 Å². The van der Waals surface area contributed by atoms with Gasteiger partial charge in [0.05, 0.1) is 0 Å². The molecule has 0 spiro atoms. The summed E-state index contributed by atoms with van der Waals surface area (Å²) in [6.07, 6.45) is 0. The van der Waals surface area contributed by atoms with E-state index in [4.69, 9.17) is 25.3 Å². The van der Waals surface area contributed by atoms with Crippen LogP contribution in [0, 0.1) is 13.8 Å². The molecule has 2 N–H and O–H groups in total. The van der Waals surface area contributed by atoms with Gasteiger partial charge in [0, 0.05) is 46.9 Å². The number of anilines is 2.